The summed E-state index contributed by atoms with van der Waals surface area (Å²) >= 11 is 0. The Morgan fingerprint density at radius 3 is 2.54 bits per heavy atom. The van der Waals surface area contributed by atoms with Crippen molar-refractivity contribution in [2.24, 2.45) is 5.73 Å². The molecule has 2 unspecified atom stereocenters. The van der Waals surface area contributed by atoms with Gasteiger partial charge in [0, 0.05) is 23.1 Å². The van der Waals surface area contributed by atoms with Crippen LogP contribution in [0.5, 0.6) is 0 Å². The Hall–Kier alpha value is -2.34. The molecular weight excluding hydrogens is 308 g/mol. The number of hydrogen-bond acceptors (Lipinski definition) is 5. The summed E-state index contributed by atoms with van der Waals surface area (Å²) in [5.74, 6) is 0.237. The van der Waals surface area contributed by atoms with E-state index in [2.05, 4.69) is 0 Å². The average Bonchev–Trinajstić information content (AvgIpc) is 2.90. The second kappa shape index (κ2) is 12.1. The Morgan fingerprint density at radius 2 is 1.96 bits per heavy atom. The van der Waals surface area contributed by atoms with Crippen LogP contribution in [0.2, 0.25) is 0 Å². The van der Waals surface area contributed by atoms with Crippen LogP contribution in [-0.4, -0.2) is 27.3 Å². The molecule has 0 amide bonds. The highest BCUT2D eigenvalue weighted by molar-refractivity contribution is 5.28. The van der Waals surface area contributed by atoms with E-state index in [-0.39, 0.29) is 10.7 Å². The van der Waals surface area contributed by atoms with Crippen LogP contribution < -0.4 is 5.73 Å². The molecular formula is C18H28N2O4. The Labute approximate surface area is 143 Å². The van der Waals surface area contributed by atoms with Crippen molar-refractivity contribution in [2.75, 3.05) is 0 Å². The highest BCUT2D eigenvalue weighted by atomic mass is 16.6. The van der Waals surface area contributed by atoms with Crippen molar-refractivity contribution in [2.45, 2.75) is 52.2 Å². The maximum atomic E-state index is 10.3. The maximum Gasteiger partial charge on any atom is 0.233 e. The molecule has 2 atom stereocenters. The predicted molar refractivity (Wildman–Crippen MR) is 97.0 cm³/mol. The van der Waals surface area contributed by atoms with E-state index in [1.165, 1.54) is 6.08 Å². The molecule has 4 N–H and O–H groups in total. The van der Waals surface area contributed by atoms with Gasteiger partial charge in [-0.1, -0.05) is 32.1 Å². The van der Waals surface area contributed by atoms with E-state index in [1.807, 2.05) is 26.0 Å². The summed E-state index contributed by atoms with van der Waals surface area (Å²) < 4.78 is 0. The third-order valence-corrected chi connectivity index (χ3v) is 3.24. The Kier molecular flexibility index (Phi) is 10.9. The first-order valence-corrected chi connectivity index (χ1v) is 8.11. The number of aliphatic hydroxyl groups excluding tert-OH is 2. The second-order valence-corrected chi connectivity index (χ2v) is 5.11. The van der Waals surface area contributed by atoms with Crippen molar-refractivity contribution < 1.29 is 15.1 Å². The summed E-state index contributed by atoms with van der Waals surface area (Å²) in [6.45, 7) is 5.72. The van der Waals surface area contributed by atoms with Crippen molar-refractivity contribution in [3.8, 4) is 0 Å². The molecule has 0 radical (unpaired) electrons. The minimum Gasteiger partial charge on any atom is -0.508 e. The number of hydrogen-bond donors (Lipinski definition) is 3. The van der Waals surface area contributed by atoms with Crippen LogP contribution in [0.15, 0.2) is 59.6 Å². The SMILES string of the molecule is CC.CC(O)C1=CC=C(O)C=CC1.NC1=CC([N+](=O)[O-])CCC=C1. The minimum atomic E-state index is -0.606. The fourth-order valence-corrected chi connectivity index (χ4v) is 1.96. The van der Waals surface area contributed by atoms with Gasteiger partial charge < -0.3 is 15.9 Å². The molecule has 0 fully saturated rings. The molecule has 0 aromatic carbocycles. The minimum absolute atomic E-state index is 0.237. The van der Waals surface area contributed by atoms with E-state index in [4.69, 9.17) is 10.8 Å². The highest BCUT2D eigenvalue weighted by Crippen LogP contribution is 2.13. The van der Waals surface area contributed by atoms with Gasteiger partial charge in [-0.05, 0) is 43.6 Å². The van der Waals surface area contributed by atoms with Crippen LogP contribution in [0.25, 0.3) is 0 Å². The second-order valence-electron chi connectivity index (χ2n) is 5.11. The van der Waals surface area contributed by atoms with Crippen LogP contribution in [0.3, 0.4) is 0 Å². The van der Waals surface area contributed by atoms with Crippen molar-refractivity contribution in [1.29, 1.82) is 0 Å². The normalized spacial score (nSPS) is 20.5. The van der Waals surface area contributed by atoms with Crippen molar-refractivity contribution >= 4 is 0 Å². The first-order chi connectivity index (χ1) is 11.4. The standard InChI is InChI=1S/C9H12O2.C7H10N2O2.C2H6/c1-7(10)8-3-2-4-9(11)6-5-8;8-6-3-1-2-4-7(5-6)9(10)11;1-2/h2,4-7,10-11H,3H2,1H3;1,3,5,7H,2,4,8H2;1-2H3. The highest BCUT2D eigenvalue weighted by Gasteiger charge is 2.17. The zero-order valence-electron chi connectivity index (χ0n) is 14.6. The number of rotatable bonds is 2. The molecule has 2 aliphatic rings. The Morgan fingerprint density at radius 1 is 1.29 bits per heavy atom. The lowest BCUT2D eigenvalue weighted by atomic mass is 10.1. The number of aliphatic hydroxyl groups is 2. The third-order valence-electron chi connectivity index (χ3n) is 3.24. The summed E-state index contributed by atoms with van der Waals surface area (Å²) in [5.41, 5.74) is 6.84. The number of nitro groups is 1. The van der Waals surface area contributed by atoms with Crippen LogP contribution >= 0.6 is 0 Å². The van der Waals surface area contributed by atoms with Gasteiger partial charge in [-0.3, -0.25) is 10.1 Å². The summed E-state index contributed by atoms with van der Waals surface area (Å²) in [7, 11) is 0. The van der Waals surface area contributed by atoms with Crippen LogP contribution in [-0.2, 0) is 0 Å². The molecule has 0 heterocycles. The van der Waals surface area contributed by atoms with Gasteiger partial charge in [-0.15, -0.1) is 0 Å². The first-order valence-electron chi connectivity index (χ1n) is 8.11. The first kappa shape index (κ1) is 21.7. The molecule has 0 saturated carbocycles. The van der Waals surface area contributed by atoms with Crippen LogP contribution in [0, 0.1) is 10.1 Å². The van der Waals surface area contributed by atoms with E-state index >= 15 is 0 Å². The lowest BCUT2D eigenvalue weighted by Gasteiger charge is -2.04. The Bertz CT molecular complexity index is 543. The van der Waals surface area contributed by atoms with Gasteiger partial charge >= 0.3 is 0 Å². The smallest absolute Gasteiger partial charge is 0.233 e. The summed E-state index contributed by atoms with van der Waals surface area (Å²) in [5, 5.41) is 28.5. The number of nitrogens with two attached hydrogens (primary N) is 1. The van der Waals surface area contributed by atoms with E-state index in [0.717, 1.165) is 12.0 Å². The van der Waals surface area contributed by atoms with Crippen molar-refractivity contribution in [1.82, 2.24) is 0 Å². The molecule has 0 spiro atoms. The monoisotopic (exact) mass is 336 g/mol. The largest absolute Gasteiger partial charge is 0.508 e. The molecule has 6 heteroatoms. The van der Waals surface area contributed by atoms with Gasteiger partial charge in [0.2, 0.25) is 6.04 Å². The predicted octanol–water partition coefficient (Wildman–Crippen LogP) is 3.55. The quantitative estimate of drug-likeness (QED) is 0.528. The molecule has 134 valence electrons. The summed E-state index contributed by atoms with van der Waals surface area (Å²) in [4.78, 5) is 10.0. The fraction of sp³-hybridized carbons (Fsp3) is 0.444. The Balaban J connectivity index is 0.000000400. The molecule has 0 saturated heterocycles. The van der Waals surface area contributed by atoms with E-state index in [9.17, 15) is 15.2 Å². The maximum absolute atomic E-state index is 10.3. The van der Waals surface area contributed by atoms with E-state index in [0.29, 0.717) is 18.5 Å². The lowest BCUT2D eigenvalue weighted by Crippen LogP contribution is -2.17. The van der Waals surface area contributed by atoms with Crippen molar-refractivity contribution in [3.63, 3.8) is 0 Å². The van der Waals surface area contributed by atoms with Crippen molar-refractivity contribution in [3.05, 3.63) is 69.7 Å². The van der Waals surface area contributed by atoms with Gasteiger partial charge in [-0.2, -0.15) is 0 Å². The lowest BCUT2D eigenvalue weighted by molar-refractivity contribution is -0.510. The van der Waals surface area contributed by atoms with Gasteiger partial charge in [0.05, 0.1) is 6.10 Å². The zero-order valence-corrected chi connectivity index (χ0v) is 14.6. The van der Waals surface area contributed by atoms with Gasteiger partial charge in [0.25, 0.3) is 0 Å². The van der Waals surface area contributed by atoms with Crippen LogP contribution in [0.1, 0.15) is 40.0 Å². The topological polar surface area (TPSA) is 110 Å². The number of nitrogens with zero attached hydrogens (tertiary/aromatic N) is 1. The molecule has 24 heavy (non-hydrogen) atoms. The van der Waals surface area contributed by atoms with Gasteiger partial charge in [0.1, 0.15) is 5.76 Å². The fourth-order valence-electron chi connectivity index (χ4n) is 1.96. The van der Waals surface area contributed by atoms with E-state index < -0.39 is 12.1 Å². The van der Waals surface area contributed by atoms with E-state index in [1.54, 1.807) is 31.2 Å². The molecule has 0 aromatic rings. The summed E-state index contributed by atoms with van der Waals surface area (Å²) in [6, 6.07) is -0.606. The van der Waals surface area contributed by atoms with Crippen LogP contribution in [0.4, 0.5) is 0 Å². The van der Waals surface area contributed by atoms with Gasteiger partial charge in [-0.25, -0.2) is 0 Å². The molecule has 0 aromatic heterocycles. The molecule has 2 aliphatic carbocycles. The van der Waals surface area contributed by atoms with Gasteiger partial charge in [0.15, 0.2) is 0 Å². The molecule has 0 aliphatic heterocycles. The molecule has 2 rings (SSSR count). The zero-order chi connectivity index (χ0) is 18.5. The average molecular weight is 336 g/mol. The molecule has 0 bridgehead atoms. The summed E-state index contributed by atoms with van der Waals surface area (Å²) in [6.07, 6.45) is 13.4. The third kappa shape index (κ3) is 8.95. The number of allylic oxidation sites excluding steroid dienone is 6. The molecule has 6 nitrogen and oxygen atoms in total.